The van der Waals surface area contributed by atoms with Crippen LogP contribution in [0.1, 0.15) is 38.5 Å². The largest absolute Gasteiger partial charge is 0.542 e. The molecule has 2 aliphatic rings. The third kappa shape index (κ3) is 11.6. The van der Waals surface area contributed by atoms with Crippen molar-refractivity contribution in [2.45, 2.75) is 64.0 Å². The van der Waals surface area contributed by atoms with Gasteiger partial charge in [0, 0.05) is 60.2 Å². The first-order chi connectivity index (χ1) is 22.6. The second-order valence-electron chi connectivity index (χ2n) is 10.7. The Balaban J connectivity index is 0.000000376. The van der Waals surface area contributed by atoms with Gasteiger partial charge in [-0.05, 0) is 49.9 Å². The number of hydrogen-bond donors (Lipinski definition) is 2. The average molecular weight is 722 g/mol. The highest BCUT2D eigenvalue weighted by atomic mass is 35.5. The van der Waals surface area contributed by atoms with Crippen LogP contribution < -0.4 is 30.0 Å². The molecule has 16 heteroatoms. The molecular formula is C32H32Cl2F6N4O4. The van der Waals surface area contributed by atoms with Crippen molar-refractivity contribution in [1.82, 2.24) is 0 Å². The van der Waals surface area contributed by atoms with Crippen molar-refractivity contribution in [3.8, 4) is 0 Å². The van der Waals surface area contributed by atoms with Crippen LogP contribution in [0.2, 0.25) is 10.0 Å². The van der Waals surface area contributed by atoms with Crippen LogP contribution in [-0.2, 0) is 22.7 Å². The smallest absolute Gasteiger partial charge is 0.430 e. The maximum atomic E-state index is 10.5. The standard InChI is InChI=1S/C28H30Cl2N4.2C2HF3O2/c29-21-7-9-23-25-11-17-33(27(23)19-21)15-5-2-6-16-34-18-12-26(32-14-4-1-3-13-31-25)24-10-8-22(30)20-28(24)34;2*3-2(4,5)1(6)7/h7-12,17-20H,1-6,13-16H2;2*(H,6,7). The summed E-state index contributed by atoms with van der Waals surface area (Å²) in [6.07, 6.45) is 0.860. The first kappa shape index (κ1) is 38.4. The van der Waals surface area contributed by atoms with Crippen LogP contribution in [0.15, 0.2) is 60.9 Å². The lowest BCUT2D eigenvalue weighted by Gasteiger charge is -2.12. The number of carbonyl (C=O) groups is 2. The number of halogens is 8. The maximum absolute atomic E-state index is 10.5. The van der Waals surface area contributed by atoms with E-state index in [-0.39, 0.29) is 0 Å². The fourth-order valence-corrected chi connectivity index (χ4v) is 5.25. The molecule has 0 atom stereocenters. The van der Waals surface area contributed by atoms with E-state index in [1.165, 1.54) is 39.6 Å². The van der Waals surface area contributed by atoms with Crippen LogP contribution in [0.5, 0.6) is 0 Å². The number of anilines is 2. The van der Waals surface area contributed by atoms with Crippen LogP contribution in [0.4, 0.5) is 37.7 Å². The van der Waals surface area contributed by atoms with Gasteiger partial charge >= 0.3 is 12.4 Å². The summed E-state index contributed by atoms with van der Waals surface area (Å²) in [7, 11) is 0. The van der Waals surface area contributed by atoms with E-state index in [2.05, 4.69) is 68.6 Å². The van der Waals surface area contributed by atoms with Crippen molar-refractivity contribution in [2.24, 2.45) is 0 Å². The highest BCUT2D eigenvalue weighted by Gasteiger charge is 2.29. The molecule has 0 amide bonds. The van der Waals surface area contributed by atoms with Crippen LogP contribution in [0.3, 0.4) is 0 Å². The van der Waals surface area contributed by atoms with Gasteiger partial charge in [-0.3, -0.25) is 0 Å². The van der Waals surface area contributed by atoms with Crippen molar-refractivity contribution < 1.29 is 55.3 Å². The number of benzene rings is 2. The summed E-state index contributed by atoms with van der Waals surface area (Å²) >= 11 is 12.7. The second kappa shape index (κ2) is 17.4. The number of carboxylic acid groups (broad SMARTS) is 2. The Labute approximate surface area is 281 Å². The lowest BCUT2D eigenvalue weighted by molar-refractivity contribution is -0.675. The third-order valence-electron chi connectivity index (χ3n) is 7.21. The SMILES string of the molecule is Clc1ccc2c3cc[n+](c2c1)CCCCC[n+]1ccc(c2ccc(Cl)cc21)NCCCCCN3.O=C([O-])C(F)(F)F.O=C([O-])C(F)(F)F. The van der Waals surface area contributed by atoms with Crippen molar-refractivity contribution in [1.29, 1.82) is 0 Å². The van der Waals surface area contributed by atoms with E-state index in [1.54, 1.807) is 0 Å². The summed E-state index contributed by atoms with van der Waals surface area (Å²) in [5.41, 5.74) is 4.77. The number of aliphatic carboxylic acids is 2. The molecule has 0 saturated carbocycles. The van der Waals surface area contributed by atoms with Gasteiger partial charge in [0.25, 0.3) is 0 Å². The molecule has 260 valence electrons. The molecule has 4 bridgehead atoms. The zero-order chi connectivity index (χ0) is 35.5. The molecule has 0 unspecified atom stereocenters. The van der Waals surface area contributed by atoms with Gasteiger partial charge in [-0.25, -0.2) is 0 Å². The van der Waals surface area contributed by atoms with Gasteiger partial charge in [0.05, 0.1) is 22.1 Å². The van der Waals surface area contributed by atoms with Crippen molar-refractivity contribution >= 4 is 68.3 Å². The number of carbonyl (C=O) groups excluding carboxylic acids is 2. The predicted molar refractivity (Wildman–Crippen MR) is 165 cm³/mol. The number of aromatic nitrogens is 2. The van der Waals surface area contributed by atoms with E-state index >= 15 is 0 Å². The van der Waals surface area contributed by atoms with Gasteiger partial charge in [-0.2, -0.15) is 35.5 Å². The van der Waals surface area contributed by atoms with Crippen LogP contribution in [0.25, 0.3) is 21.8 Å². The molecule has 0 spiro atoms. The molecule has 4 aromatic rings. The first-order valence-corrected chi connectivity index (χ1v) is 15.6. The number of pyridine rings is 2. The summed E-state index contributed by atoms with van der Waals surface area (Å²) in [4.78, 5) is 17.6. The summed E-state index contributed by atoms with van der Waals surface area (Å²) < 4.78 is 67.8. The first-order valence-electron chi connectivity index (χ1n) is 14.9. The lowest BCUT2D eigenvalue weighted by Crippen LogP contribution is -2.37. The predicted octanol–water partition coefficient (Wildman–Crippen LogP) is 5.35. The summed E-state index contributed by atoms with van der Waals surface area (Å²) in [6, 6.07) is 16.9. The van der Waals surface area contributed by atoms with Gasteiger partial charge in [-0.1, -0.05) is 23.2 Å². The van der Waals surface area contributed by atoms with E-state index in [9.17, 15) is 26.3 Å². The van der Waals surface area contributed by atoms with E-state index in [0.717, 1.165) is 68.3 Å². The second-order valence-corrected chi connectivity index (χ2v) is 11.6. The molecule has 2 aromatic heterocycles. The van der Waals surface area contributed by atoms with Gasteiger partial charge in [0.15, 0.2) is 12.4 Å². The summed E-state index contributed by atoms with van der Waals surface area (Å²) in [5.74, 6) is -6.01. The molecule has 2 N–H and O–H groups in total. The molecule has 0 radical (unpaired) electrons. The zero-order valence-electron chi connectivity index (χ0n) is 25.4. The molecule has 2 aliphatic heterocycles. The van der Waals surface area contributed by atoms with Gasteiger partial charge in [0.1, 0.15) is 25.0 Å². The number of carboxylic acids is 2. The highest BCUT2D eigenvalue weighted by Crippen LogP contribution is 2.26. The Morgan fingerprint density at radius 3 is 1.31 bits per heavy atom. The third-order valence-corrected chi connectivity index (χ3v) is 7.68. The highest BCUT2D eigenvalue weighted by molar-refractivity contribution is 6.31. The van der Waals surface area contributed by atoms with Gasteiger partial charge in [-0.15, -0.1) is 0 Å². The fraction of sp³-hybridized carbons (Fsp3) is 0.375. The van der Waals surface area contributed by atoms with Crippen LogP contribution in [0, 0.1) is 0 Å². The van der Waals surface area contributed by atoms with Crippen LogP contribution in [-0.4, -0.2) is 37.4 Å². The minimum absolute atomic E-state index is 0.783. The van der Waals surface area contributed by atoms with Crippen molar-refractivity contribution in [2.75, 3.05) is 23.7 Å². The Morgan fingerprint density at radius 1 is 0.604 bits per heavy atom. The average Bonchev–Trinajstić information content (AvgIpc) is 3.00. The topological polar surface area (TPSA) is 112 Å². The summed E-state index contributed by atoms with van der Waals surface area (Å²) in [5, 5.41) is 28.9. The van der Waals surface area contributed by atoms with Crippen molar-refractivity contribution in [3.05, 3.63) is 71.0 Å². The maximum Gasteiger partial charge on any atom is 0.430 e. The van der Waals surface area contributed by atoms with Crippen molar-refractivity contribution in [3.63, 3.8) is 0 Å². The monoisotopic (exact) mass is 720 g/mol. The number of hydrogen-bond acceptors (Lipinski definition) is 6. The number of aryl methyl sites for hydroxylation is 2. The number of fused-ring (bicyclic) bond motifs is 12. The number of alkyl halides is 6. The van der Waals surface area contributed by atoms with Gasteiger partial charge < -0.3 is 30.4 Å². The lowest BCUT2D eigenvalue weighted by atomic mass is 10.1. The normalized spacial score (nSPS) is 14.5. The molecule has 48 heavy (non-hydrogen) atoms. The van der Waals surface area contributed by atoms with Crippen LogP contribution >= 0.6 is 23.2 Å². The van der Waals surface area contributed by atoms with E-state index in [1.807, 2.05) is 12.1 Å². The molecule has 0 fully saturated rings. The minimum atomic E-state index is -5.19. The molecular weight excluding hydrogens is 689 g/mol. The zero-order valence-corrected chi connectivity index (χ0v) is 26.9. The number of nitrogens with zero attached hydrogens (tertiary/aromatic N) is 2. The molecule has 8 nitrogen and oxygen atoms in total. The quantitative estimate of drug-likeness (QED) is 0.187. The molecule has 6 rings (SSSR count). The Bertz CT molecular complexity index is 1600. The molecule has 0 aliphatic carbocycles. The Morgan fingerprint density at radius 2 is 0.958 bits per heavy atom. The summed E-state index contributed by atoms with van der Waals surface area (Å²) in [6.45, 7) is 3.90. The molecule has 0 saturated heterocycles. The number of nitrogens with one attached hydrogen (secondary N) is 2. The molecule has 4 heterocycles. The number of rotatable bonds is 0. The van der Waals surface area contributed by atoms with E-state index in [4.69, 9.17) is 43.0 Å². The van der Waals surface area contributed by atoms with E-state index < -0.39 is 24.3 Å². The van der Waals surface area contributed by atoms with E-state index in [0.29, 0.717) is 0 Å². The fourth-order valence-electron chi connectivity index (χ4n) is 4.92. The Hall–Kier alpha value is -4.04. The molecule has 2 aromatic carbocycles. The minimum Gasteiger partial charge on any atom is -0.542 e. The Kier molecular flexibility index (Phi) is 13.9. The van der Waals surface area contributed by atoms with Gasteiger partial charge in [0.2, 0.25) is 11.0 Å².